The molecule has 3 aliphatic rings. The van der Waals surface area contributed by atoms with Crippen molar-refractivity contribution in [2.75, 3.05) is 4.90 Å². The van der Waals surface area contributed by atoms with Crippen LogP contribution in [0, 0.1) is 0 Å². The molecule has 0 saturated carbocycles. The fraction of sp³-hybridized carbons (Fsp3) is 0.0851. The fourth-order valence-corrected chi connectivity index (χ4v) is 7.82. The van der Waals surface area contributed by atoms with Gasteiger partial charge in [0.2, 0.25) is 5.95 Å². The Hall–Kier alpha value is -6.59. The van der Waals surface area contributed by atoms with Crippen molar-refractivity contribution in [2.24, 2.45) is 0 Å². The molecule has 0 amide bonds. The molecule has 5 aromatic carbocycles. The Morgan fingerprint density at radius 1 is 0.538 bits per heavy atom. The summed E-state index contributed by atoms with van der Waals surface area (Å²) in [6.45, 7) is 0. The minimum Gasteiger partial charge on any atom is -0.281 e. The van der Waals surface area contributed by atoms with Crippen molar-refractivity contribution >= 4 is 39.5 Å². The number of para-hydroxylation sites is 3. The van der Waals surface area contributed by atoms with E-state index in [4.69, 9.17) is 15.0 Å². The summed E-state index contributed by atoms with van der Waals surface area (Å²) in [4.78, 5) is 18.4. The molecule has 0 unspecified atom stereocenters. The molecule has 0 spiro atoms. The van der Waals surface area contributed by atoms with Crippen molar-refractivity contribution < 1.29 is 0 Å². The number of anilines is 2. The van der Waals surface area contributed by atoms with Gasteiger partial charge in [0.25, 0.3) is 0 Å². The van der Waals surface area contributed by atoms with E-state index in [1.807, 2.05) is 6.07 Å². The Morgan fingerprint density at radius 3 is 1.98 bits per heavy atom. The maximum absolute atomic E-state index is 5.37. The molecular weight excluding hydrogens is 635 g/mol. The van der Waals surface area contributed by atoms with E-state index in [9.17, 15) is 0 Å². The summed E-state index contributed by atoms with van der Waals surface area (Å²) >= 11 is 0. The molecule has 2 aromatic heterocycles. The highest BCUT2D eigenvalue weighted by Crippen LogP contribution is 2.48. The van der Waals surface area contributed by atoms with Crippen LogP contribution in [-0.4, -0.2) is 19.5 Å². The average molecular weight is 670 g/mol. The third-order valence-corrected chi connectivity index (χ3v) is 10.3. The van der Waals surface area contributed by atoms with Crippen molar-refractivity contribution in [3.8, 4) is 33.6 Å². The van der Waals surface area contributed by atoms with Crippen LogP contribution in [-0.2, 0) is 0 Å². The summed E-state index contributed by atoms with van der Waals surface area (Å²) in [5.41, 5.74) is 15.2. The van der Waals surface area contributed by atoms with Crippen molar-refractivity contribution in [1.29, 1.82) is 0 Å². The summed E-state index contributed by atoms with van der Waals surface area (Å²) in [7, 11) is 0. The van der Waals surface area contributed by atoms with E-state index in [1.165, 1.54) is 28.0 Å². The van der Waals surface area contributed by atoms with Gasteiger partial charge >= 0.3 is 0 Å². The van der Waals surface area contributed by atoms with Crippen LogP contribution in [0.4, 0.5) is 11.6 Å². The highest BCUT2D eigenvalue weighted by atomic mass is 15.3. The Bertz CT molecular complexity index is 2610. The first kappa shape index (κ1) is 30.3. The summed E-state index contributed by atoms with van der Waals surface area (Å²) < 4.78 is 2.39. The molecule has 52 heavy (non-hydrogen) atoms. The predicted octanol–water partition coefficient (Wildman–Crippen LogP) is 11.8. The normalized spacial score (nSPS) is 15.0. The second kappa shape index (κ2) is 12.6. The lowest BCUT2D eigenvalue weighted by Gasteiger charge is -2.30. The van der Waals surface area contributed by atoms with Crippen LogP contribution >= 0.6 is 0 Å². The zero-order valence-electron chi connectivity index (χ0n) is 28.7. The van der Waals surface area contributed by atoms with E-state index in [2.05, 4.69) is 167 Å². The van der Waals surface area contributed by atoms with Gasteiger partial charge in [0.1, 0.15) is 0 Å². The topological polar surface area (TPSA) is 46.8 Å². The zero-order chi connectivity index (χ0) is 34.4. The average Bonchev–Trinajstić information content (AvgIpc) is 3.55. The molecule has 0 radical (unpaired) electrons. The fourth-order valence-electron chi connectivity index (χ4n) is 7.82. The highest BCUT2D eigenvalue weighted by Gasteiger charge is 2.33. The lowest BCUT2D eigenvalue weighted by molar-refractivity contribution is 0.934. The Labute approximate surface area is 303 Å². The van der Waals surface area contributed by atoms with Gasteiger partial charge in [0, 0.05) is 33.5 Å². The first-order chi connectivity index (χ1) is 25.8. The summed E-state index contributed by atoms with van der Waals surface area (Å²) in [5.74, 6) is 1.60. The quantitative estimate of drug-likeness (QED) is 0.183. The predicted molar refractivity (Wildman–Crippen MR) is 213 cm³/mol. The van der Waals surface area contributed by atoms with Gasteiger partial charge in [-0.25, -0.2) is 15.0 Å². The largest absolute Gasteiger partial charge is 0.281 e. The Balaban J connectivity index is 1.16. The molecule has 3 heterocycles. The number of aromatic nitrogens is 4. The van der Waals surface area contributed by atoms with Gasteiger partial charge in [-0.05, 0) is 61.1 Å². The van der Waals surface area contributed by atoms with E-state index in [-0.39, 0.29) is 0 Å². The number of imidazole rings is 1. The van der Waals surface area contributed by atoms with Crippen LogP contribution in [0.5, 0.6) is 0 Å². The Morgan fingerprint density at radius 2 is 1.17 bits per heavy atom. The van der Waals surface area contributed by atoms with Crippen molar-refractivity contribution in [2.45, 2.75) is 25.7 Å². The Kier molecular flexibility index (Phi) is 7.35. The van der Waals surface area contributed by atoms with Gasteiger partial charge in [-0.3, -0.25) is 9.47 Å². The SMILES string of the molecule is C1=CC2=C(CC1)n1c(nc3ccccc31)N(C1=CCCC=C1c1nc(-c3ccccc3)cc(-c3ccc(-c4ccccc4)cc3)n1)c1ccccc12. The van der Waals surface area contributed by atoms with E-state index in [0.717, 1.165) is 82.1 Å². The van der Waals surface area contributed by atoms with E-state index >= 15 is 0 Å². The molecule has 0 saturated heterocycles. The van der Waals surface area contributed by atoms with E-state index in [1.54, 1.807) is 0 Å². The van der Waals surface area contributed by atoms with Crippen LogP contribution in [0.1, 0.15) is 37.1 Å². The summed E-state index contributed by atoms with van der Waals surface area (Å²) in [6, 6.07) is 49.0. The standard InChI is InChI=1S/C47H35N5/c1-3-15-32(16-4-1)33-27-29-35(30-28-33)41-31-40(34-17-5-2-6-18-34)48-46(49-41)38-21-9-13-25-44(38)51-42-23-11-7-19-36(42)37-20-8-12-24-43(37)52-45-26-14-10-22-39(45)50-47(51)52/h1-8,10-11,14-23,25-31H,9,12-13,24H2. The minimum atomic E-state index is 0.705. The highest BCUT2D eigenvalue weighted by molar-refractivity contribution is 6.03. The summed E-state index contributed by atoms with van der Waals surface area (Å²) in [5, 5.41) is 0. The molecule has 1 aliphatic heterocycles. The van der Waals surface area contributed by atoms with Gasteiger partial charge < -0.3 is 0 Å². The van der Waals surface area contributed by atoms with Gasteiger partial charge in [-0.2, -0.15) is 0 Å². The molecular formula is C47H35N5. The molecule has 2 aliphatic carbocycles. The van der Waals surface area contributed by atoms with Gasteiger partial charge in [-0.1, -0.05) is 140 Å². The smallest absolute Gasteiger partial charge is 0.220 e. The van der Waals surface area contributed by atoms with Crippen LogP contribution in [0.3, 0.4) is 0 Å². The number of fused-ring (bicyclic) bond motifs is 6. The monoisotopic (exact) mass is 669 g/mol. The third kappa shape index (κ3) is 5.13. The third-order valence-electron chi connectivity index (χ3n) is 10.3. The maximum atomic E-state index is 5.37. The summed E-state index contributed by atoms with van der Waals surface area (Å²) in [6.07, 6.45) is 13.0. The van der Waals surface area contributed by atoms with Gasteiger partial charge in [-0.15, -0.1) is 0 Å². The number of nitrogens with zero attached hydrogens (tertiary/aromatic N) is 5. The van der Waals surface area contributed by atoms with E-state index in [0.29, 0.717) is 5.82 Å². The zero-order valence-corrected chi connectivity index (χ0v) is 28.7. The lowest BCUT2D eigenvalue weighted by Crippen LogP contribution is -2.23. The number of hydrogen-bond donors (Lipinski definition) is 0. The molecule has 5 nitrogen and oxygen atoms in total. The molecule has 10 rings (SSSR count). The van der Waals surface area contributed by atoms with Gasteiger partial charge in [0.15, 0.2) is 5.82 Å². The lowest BCUT2D eigenvalue weighted by atomic mass is 9.94. The van der Waals surface area contributed by atoms with Crippen molar-refractivity contribution in [3.63, 3.8) is 0 Å². The molecule has 0 fully saturated rings. The van der Waals surface area contributed by atoms with Crippen molar-refractivity contribution in [3.05, 3.63) is 181 Å². The van der Waals surface area contributed by atoms with Gasteiger partial charge in [0.05, 0.1) is 33.8 Å². The van der Waals surface area contributed by atoms with Crippen LogP contribution < -0.4 is 4.90 Å². The molecule has 0 N–H and O–H groups in total. The van der Waals surface area contributed by atoms with Crippen LogP contribution in [0.2, 0.25) is 0 Å². The van der Waals surface area contributed by atoms with E-state index < -0.39 is 0 Å². The molecule has 0 bridgehead atoms. The second-order valence-corrected chi connectivity index (χ2v) is 13.4. The molecule has 5 heteroatoms. The minimum absolute atomic E-state index is 0.705. The van der Waals surface area contributed by atoms with Crippen molar-refractivity contribution in [1.82, 2.24) is 19.5 Å². The number of allylic oxidation sites excluding steroid dienone is 7. The first-order valence-corrected chi connectivity index (χ1v) is 18.1. The second-order valence-electron chi connectivity index (χ2n) is 13.4. The number of hydrogen-bond acceptors (Lipinski definition) is 4. The number of rotatable bonds is 5. The maximum Gasteiger partial charge on any atom is 0.220 e. The number of benzene rings is 5. The molecule has 248 valence electrons. The van der Waals surface area contributed by atoms with Crippen LogP contribution in [0.15, 0.2) is 170 Å². The molecule has 7 aromatic rings. The van der Waals surface area contributed by atoms with Crippen LogP contribution in [0.25, 0.3) is 61.5 Å². The molecule has 0 atom stereocenters. The first-order valence-electron chi connectivity index (χ1n) is 18.1.